The van der Waals surface area contributed by atoms with Crippen LogP contribution in [0.2, 0.25) is 0 Å². The summed E-state index contributed by atoms with van der Waals surface area (Å²) in [6, 6.07) is 11.2. The van der Waals surface area contributed by atoms with Crippen molar-refractivity contribution in [2.45, 2.75) is 146 Å². The Morgan fingerprint density at radius 1 is 0.896 bits per heavy atom. The van der Waals surface area contributed by atoms with E-state index in [2.05, 4.69) is 157 Å². The number of nitrogens with zero attached hydrogens (tertiary/aromatic N) is 6. The molecule has 372 valence electrons. The van der Waals surface area contributed by atoms with E-state index in [1.165, 1.54) is 67.6 Å². The molecule has 0 radical (unpaired) electrons. The van der Waals surface area contributed by atoms with Crippen LogP contribution in [0, 0.1) is 19.8 Å². The number of nitrogens with two attached hydrogens (primary N) is 4. The van der Waals surface area contributed by atoms with Crippen molar-refractivity contribution in [3.63, 3.8) is 0 Å². The summed E-state index contributed by atoms with van der Waals surface area (Å²) in [6.45, 7) is 42.3. The van der Waals surface area contributed by atoms with E-state index in [1.54, 1.807) is 0 Å². The maximum atomic E-state index is 6.62. The summed E-state index contributed by atoms with van der Waals surface area (Å²) in [7, 11) is 0. The third kappa shape index (κ3) is 19.8. The van der Waals surface area contributed by atoms with Crippen molar-refractivity contribution < 1.29 is 0 Å². The zero-order valence-corrected chi connectivity index (χ0v) is 43.2. The van der Waals surface area contributed by atoms with Gasteiger partial charge in [0.25, 0.3) is 0 Å². The lowest BCUT2D eigenvalue weighted by Gasteiger charge is -2.37. The Hall–Kier alpha value is -5.95. The molecule has 0 spiro atoms. The third-order valence-electron chi connectivity index (χ3n) is 11.4. The molecule has 4 heterocycles. The highest BCUT2D eigenvalue weighted by molar-refractivity contribution is 5.87. The second-order valence-electron chi connectivity index (χ2n) is 16.7. The van der Waals surface area contributed by atoms with Crippen LogP contribution in [-0.4, -0.2) is 63.2 Å². The van der Waals surface area contributed by atoms with Crippen molar-refractivity contribution in [3.8, 4) is 0 Å². The monoisotopic (exact) mass is 922 g/mol. The third-order valence-corrected chi connectivity index (χ3v) is 11.4. The zero-order valence-electron chi connectivity index (χ0n) is 43.2. The molecular weight excluding hydrogens is 831 g/mol. The molecule has 0 aliphatic carbocycles. The lowest BCUT2D eigenvalue weighted by atomic mass is 9.92. The Bertz CT molecular complexity index is 2090. The Labute approximate surface area is 406 Å². The lowest BCUT2D eigenvalue weighted by molar-refractivity contribution is 0.125. The Morgan fingerprint density at radius 3 is 2.04 bits per heavy atom. The van der Waals surface area contributed by atoms with Gasteiger partial charge in [-0.05, 0) is 144 Å². The van der Waals surface area contributed by atoms with E-state index in [1.807, 2.05) is 32.4 Å². The minimum atomic E-state index is 0.446. The van der Waals surface area contributed by atoms with Gasteiger partial charge in [-0.3, -0.25) is 4.68 Å². The van der Waals surface area contributed by atoms with Crippen LogP contribution in [0.4, 0.5) is 17.3 Å². The largest absolute Gasteiger partial charge is 0.405 e. The zero-order chi connectivity index (χ0) is 50.3. The molecule has 1 saturated heterocycles. The van der Waals surface area contributed by atoms with E-state index in [0.717, 1.165) is 109 Å². The van der Waals surface area contributed by atoms with Gasteiger partial charge in [-0.15, -0.1) is 0 Å². The fourth-order valence-corrected chi connectivity index (χ4v) is 8.12. The molecule has 1 unspecified atom stereocenters. The minimum Gasteiger partial charge on any atom is -0.405 e. The van der Waals surface area contributed by atoms with Crippen LogP contribution in [0.1, 0.15) is 133 Å². The molecule has 2 aromatic heterocycles. The van der Waals surface area contributed by atoms with Crippen molar-refractivity contribution in [2.24, 2.45) is 28.2 Å². The quantitative estimate of drug-likeness (QED) is 0.0250. The van der Waals surface area contributed by atoms with E-state index < -0.39 is 0 Å². The maximum absolute atomic E-state index is 6.62. The molecule has 1 atom stereocenters. The van der Waals surface area contributed by atoms with Gasteiger partial charge in [-0.2, -0.15) is 10.2 Å². The maximum Gasteiger partial charge on any atom is 0.208 e. The van der Waals surface area contributed by atoms with E-state index in [4.69, 9.17) is 16.5 Å². The molecule has 6 rings (SSSR count). The van der Waals surface area contributed by atoms with Gasteiger partial charge in [0.05, 0.1) is 39.5 Å². The fourth-order valence-electron chi connectivity index (χ4n) is 8.12. The van der Waals surface area contributed by atoms with Gasteiger partial charge >= 0.3 is 0 Å². The standard InChI is InChI=1S/C39H53N9.C6H14.C3H8N2.2C2H5N.C2H6/c1-7-48-36(22-27(4)45-48)29(6)43-39-44-35-24-32(28(5)40)23-31-11-13-33(46-18-14-25(2)15-19-46)12-10-30-20-26(3)21-34(41)37(30)42-16-8-9-17-47(39)38(31)35;1-3-5-6-4-2;1-3-5-4-2;2*1-2-3;1-2/h8-9,20-25,33,42H,5-7,10-19,40-41H2,1-4H3,(H,43,44);3-6H2,1-2H3;5H,2-3H2,1H3;2*2H,1,3H2;1-2H3/b9-8+;;;;;. The summed E-state index contributed by atoms with van der Waals surface area (Å²) < 4.78 is 4.25. The molecule has 0 bridgehead atoms. The molecule has 11 N–H and O–H groups in total. The SMILES string of the molecule is C=C(N)c1cc2c3c(c1)nc(NC(=C)c1cc(C)nn1CC)n3C/C=C/CNc1c(N)cc(C)cc1CCC(N1CCC(C)CC1)CC2.C=CN.C=CN.C=NNCC.CC.CCCCCC. The van der Waals surface area contributed by atoms with Gasteiger partial charge < -0.3 is 48.5 Å². The summed E-state index contributed by atoms with van der Waals surface area (Å²) in [5.74, 6) is 1.52. The molecule has 1 fully saturated rings. The second-order valence-corrected chi connectivity index (χ2v) is 16.7. The van der Waals surface area contributed by atoms with Crippen LogP contribution in [-0.2, 0) is 25.9 Å². The number of piperidine rings is 1. The number of allylic oxidation sites excluding steroid dienone is 1. The summed E-state index contributed by atoms with van der Waals surface area (Å²) in [4.78, 5) is 7.89. The predicted octanol–water partition coefficient (Wildman–Crippen LogP) is 11.1. The molecule has 2 aliphatic rings. The first kappa shape index (κ1) is 59.1. The van der Waals surface area contributed by atoms with E-state index in [-0.39, 0.29) is 0 Å². The summed E-state index contributed by atoms with van der Waals surface area (Å²) in [5, 5.41) is 15.2. The first-order valence-electron chi connectivity index (χ1n) is 24.6. The van der Waals surface area contributed by atoms with Crippen LogP contribution in [0.25, 0.3) is 22.4 Å². The number of fused-ring (bicyclic) bond motifs is 1. The number of hydrogen-bond donors (Lipinski definition) is 7. The van der Waals surface area contributed by atoms with Crippen molar-refractivity contribution >= 4 is 46.5 Å². The van der Waals surface area contributed by atoms with Gasteiger partial charge in [0.1, 0.15) is 0 Å². The topological polar surface area (TPSA) is 191 Å². The lowest BCUT2D eigenvalue weighted by Crippen LogP contribution is -2.41. The Kier molecular flexibility index (Phi) is 29.5. The summed E-state index contributed by atoms with van der Waals surface area (Å²) in [5.41, 5.74) is 36.6. The molecule has 0 amide bonds. The van der Waals surface area contributed by atoms with E-state index in [9.17, 15) is 0 Å². The molecule has 4 aromatic rings. The smallest absolute Gasteiger partial charge is 0.208 e. The van der Waals surface area contributed by atoms with Gasteiger partial charge in [0.15, 0.2) is 0 Å². The number of unbranched alkanes of at least 4 members (excludes halogenated alkanes) is 3. The summed E-state index contributed by atoms with van der Waals surface area (Å²) in [6.07, 6.45) is 18.9. The number of aryl methyl sites for hydroxylation is 5. The number of rotatable bonds is 11. The molecule has 0 saturated carbocycles. The number of hydrogen-bond acceptors (Lipinski definition) is 11. The van der Waals surface area contributed by atoms with Gasteiger partial charge in [0.2, 0.25) is 5.95 Å². The van der Waals surface area contributed by atoms with Gasteiger partial charge in [-0.25, -0.2) is 4.98 Å². The molecule has 13 heteroatoms. The molecular formula is C54H91N13. The van der Waals surface area contributed by atoms with Crippen molar-refractivity contribution in [3.05, 3.63) is 115 Å². The number of likely N-dealkylation sites (tertiary alicyclic amines) is 1. The van der Waals surface area contributed by atoms with Crippen molar-refractivity contribution in [1.82, 2.24) is 29.7 Å². The number of hydrazone groups is 1. The first-order valence-corrected chi connectivity index (χ1v) is 24.6. The van der Waals surface area contributed by atoms with E-state index >= 15 is 0 Å². The average Bonchev–Trinajstić information content (AvgIpc) is 3.87. The van der Waals surface area contributed by atoms with Crippen LogP contribution in [0.3, 0.4) is 0 Å². The Morgan fingerprint density at radius 2 is 1.51 bits per heavy atom. The normalized spacial score (nSPS) is 15.2. The molecule has 2 aromatic carbocycles. The molecule has 67 heavy (non-hydrogen) atoms. The predicted molar refractivity (Wildman–Crippen MR) is 295 cm³/mol. The highest BCUT2D eigenvalue weighted by Gasteiger charge is 2.25. The molecule has 2 aliphatic heterocycles. The van der Waals surface area contributed by atoms with Gasteiger partial charge in [0, 0.05) is 44.6 Å². The second kappa shape index (κ2) is 33.5. The highest BCUT2D eigenvalue weighted by atomic mass is 15.3. The van der Waals surface area contributed by atoms with Gasteiger partial charge in [-0.1, -0.05) is 105 Å². The van der Waals surface area contributed by atoms with Crippen LogP contribution < -0.4 is 39.0 Å². The van der Waals surface area contributed by atoms with Crippen molar-refractivity contribution in [2.75, 3.05) is 42.5 Å². The highest BCUT2D eigenvalue weighted by Crippen LogP contribution is 2.33. The number of benzene rings is 2. The van der Waals surface area contributed by atoms with Crippen LogP contribution in [0.5, 0.6) is 0 Å². The number of nitrogens with one attached hydrogen (secondary N) is 3. The van der Waals surface area contributed by atoms with E-state index in [0.29, 0.717) is 24.8 Å². The number of anilines is 3. The Balaban J connectivity index is 0.00000101. The van der Waals surface area contributed by atoms with Crippen LogP contribution in [0.15, 0.2) is 86.3 Å². The number of imidazole rings is 1. The first-order chi connectivity index (χ1) is 32.3. The van der Waals surface area contributed by atoms with Crippen LogP contribution >= 0.6 is 0 Å². The number of nitrogen functional groups attached to an aromatic ring is 1. The molecule has 13 nitrogen and oxygen atoms in total. The minimum absolute atomic E-state index is 0.446. The number of aromatic nitrogens is 4. The average molecular weight is 922 g/mol. The fraction of sp³-hybridized carbons (Fsp3) is 0.500. The summed E-state index contributed by atoms with van der Waals surface area (Å²) >= 11 is 0. The van der Waals surface area contributed by atoms with Crippen molar-refractivity contribution in [1.29, 1.82) is 0 Å².